The SMILES string of the molecule is Cn1cc(C(O)(C(F)F)C(F)(F)F)c2cc(C=O)ccc21. The third-order valence-corrected chi connectivity index (χ3v) is 3.31. The van der Waals surface area contributed by atoms with E-state index < -0.39 is 23.8 Å². The van der Waals surface area contributed by atoms with Gasteiger partial charge in [-0.2, -0.15) is 13.2 Å². The predicted molar refractivity (Wildman–Crippen MR) is 64.3 cm³/mol. The summed E-state index contributed by atoms with van der Waals surface area (Å²) in [5.74, 6) is 0. The fourth-order valence-electron chi connectivity index (χ4n) is 2.18. The summed E-state index contributed by atoms with van der Waals surface area (Å²) in [5, 5.41) is 9.35. The molecule has 0 amide bonds. The Hall–Kier alpha value is -1.96. The van der Waals surface area contributed by atoms with Crippen LogP contribution in [0.1, 0.15) is 15.9 Å². The molecule has 0 aliphatic rings. The molecular formula is C13H10F5NO2. The van der Waals surface area contributed by atoms with E-state index in [4.69, 9.17) is 0 Å². The maximum absolute atomic E-state index is 13.0. The number of fused-ring (bicyclic) bond motifs is 1. The number of aldehydes is 1. The van der Waals surface area contributed by atoms with Crippen LogP contribution in [0.15, 0.2) is 24.4 Å². The van der Waals surface area contributed by atoms with Gasteiger partial charge in [0.2, 0.25) is 5.60 Å². The lowest BCUT2D eigenvalue weighted by atomic mass is 9.92. The molecule has 1 atom stereocenters. The van der Waals surface area contributed by atoms with Gasteiger partial charge in [-0.05, 0) is 18.2 Å². The van der Waals surface area contributed by atoms with Crippen LogP contribution in [0.2, 0.25) is 0 Å². The molecule has 0 bridgehead atoms. The Labute approximate surface area is 115 Å². The van der Waals surface area contributed by atoms with Crippen molar-refractivity contribution in [3.8, 4) is 0 Å². The van der Waals surface area contributed by atoms with E-state index in [1.807, 2.05) is 0 Å². The highest BCUT2D eigenvalue weighted by Crippen LogP contribution is 2.46. The molecule has 2 rings (SSSR count). The number of nitrogens with zero attached hydrogens (tertiary/aromatic N) is 1. The zero-order chi connectivity index (χ0) is 16.0. The van der Waals surface area contributed by atoms with Gasteiger partial charge in [0.05, 0.1) is 0 Å². The number of carbonyl (C=O) groups excluding carboxylic acids is 1. The number of aryl methyl sites for hydroxylation is 1. The molecule has 1 heterocycles. The van der Waals surface area contributed by atoms with Crippen LogP contribution in [0.25, 0.3) is 10.9 Å². The highest BCUT2D eigenvalue weighted by Gasteiger charge is 2.62. The molecule has 0 saturated carbocycles. The molecule has 3 nitrogen and oxygen atoms in total. The first-order valence-corrected chi connectivity index (χ1v) is 5.75. The summed E-state index contributed by atoms with van der Waals surface area (Å²) in [7, 11) is 1.36. The molecule has 0 fully saturated rings. The Morgan fingerprint density at radius 2 is 1.90 bits per heavy atom. The molecule has 0 aliphatic heterocycles. The van der Waals surface area contributed by atoms with E-state index in [0.717, 1.165) is 12.3 Å². The lowest BCUT2D eigenvalue weighted by Gasteiger charge is -2.29. The molecular weight excluding hydrogens is 297 g/mol. The summed E-state index contributed by atoms with van der Waals surface area (Å²) in [5.41, 5.74) is -5.06. The van der Waals surface area contributed by atoms with Crippen molar-refractivity contribution in [2.24, 2.45) is 7.05 Å². The number of carbonyl (C=O) groups is 1. The molecule has 21 heavy (non-hydrogen) atoms. The van der Waals surface area contributed by atoms with E-state index in [-0.39, 0.29) is 16.5 Å². The van der Waals surface area contributed by atoms with Crippen LogP contribution < -0.4 is 0 Å². The van der Waals surface area contributed by atoms with Crippen LogP contribution in [0.3, 0.4) is 0 Å². The number of halogens is 5. The third-order valence-electron chi connectivity index (χ3n) is 3.31. The van der Waals surface area contributed by atoms with Crippen LogP contribution in [0, 0.1) is 0 Å². The second-order valence-corrected chi connectivity index (χ2v) is 4.61. The zero-order valence-corrected chi connectivity index (χ0v) is 10.7. The molecule has 1 aromatic carbocycles. The highest BCUT2D eigenvalue weighted by atomic mass is 19.4. The van der Waals surface area contributed by atoms with Gasteiger partial charge in [-0.25, -0.2) is 8.78 Å². The standard InChI is InChI=1S/C13H10F5NO2/c1-19-5-9(12(21,11(14)15)13(16,17)18)8-4-7(6-20)2-3-10(8)19/h2-6,11,21H,1H3. The first-order valence-electron chi connectivity index (χ1n) is 5.75. The van der Waals surface area contributed by atoms with E-state index >= 15 is 0 Å². The second-order valence-electron chi connectivity index (χ2n) is 4.61. The number of rotatable bonds is 3. The number of alkyl halides is 5. The molecule has 8 heteroatoms. The van der Waals surface area contributed by atoms with Crippen LogP contribution in [0.4, 0.5) is 22.0 Å². The van der Waals surface area contributed by atoms with Crippen LogP contribution >= 0.6 is 0 Å². The molecule has 0 spiro atoms. The molecule has 2 aromatic rings. The Morgan fingerprint density at radius 3 is 2.38 bits per heavy atom. The van der Waals surface area contributed by atoms with E-state index in [2.05, 4.69) is 0 Å². The summed E-state index contributed by atoms with van der Waals surface area (Å²) in [6.07, 6.45) is -8.46. The topological polar surface area (TPSA) is 42.2 Å². The van der Waals surface area contributed by atoms with E-state index in [0.29, 0.717) is 6.29 Å². The molecule has 1 N–H and O–H groups in total. The van der Waals surface area contributed by atoms with Crippen molar-refractivity contribution in [2.45, 2.75) is 18.2 Å². The minimum Gasteiger partial charge on any atom is -0.372 e. The van der Waals surface area contributed by atoms with Gasteiger partial charge in [0.15, 0.2) is 0 Å². The normalized spacial score (nSPS) is 15.4. The van der Waals surface area contributed by atoms with Gasteiger partial charge >= 0.3 is 6.18 Å². The minimum atomic E-state index is -5.56. The summed E-state index contributed by atoms with van der Waals surface area (Å²) in [6.45, 7) is 0. The summed E-state index contributed by atoms with van der Waals surface area (Å²) in [4.78, 5) is 10.7. The molecule has 1 aromatic heterocycles. The molecule has 0 aliphatic carbocycles. The van der Waals surface area contributed by atoms with Crippen LogP contribution in [0.5, 0.6) is 0 Å². The second kappa shape index (κ2) is 4.80. The van der Waals surface area contributed by atoms with Gasteiger partial charge in [-0.3, -0.25) is 4.79 Å². The van der Waals surface area contributed by atoms with Gasteiger partial charge in [-0.1, -0.05) is 0 Å². The van der Waals surface area contributed by atoms with Gasteiger partial charge in [-0.15, -0.1) is 0 Å². The Balaban J connectivity index is 2.83. The van der Waals surface area contributed by atoms with Crippen molar-refractivity contribution < 1.29 is 31.9 Å². The van der Waals surface area contributed by atoms with Crippen molar-refractivity contribution in [3.05, 3.63) is 35.5 Å². The number of aliphatic hydroxyl groups is 1. The van der Waals surface area contributed by atoms with Crippen molar-refractivity contribution in [1.29, 1.82) is 0 Å². The first kappa shape index (κ1) is 15.4. The van der Waals surface area contributed by atoms with Gasteiger partial charge < -0.3 is 9.67 Å². The molecule has 0 radical (unpaired) electrons. The van der Waals surface area contributed by atoms with Crippen molar-refractivity contribution >= 4 is 17.2 Å². The number of benzene rings is 1. The largest absolute Gasteiger partial charge is 0.427 e. The maximum Gasteiger partial charge on any atom is 0.427 e. The van der Waals surface area contributed by atoms with E-state index in [1.54, 1.807) is 0 Å². The zero-order valence-electron chi connectivity index (χ0n) is 10.7. The van der Waals surface area contributed by atoms with Crippen molar-refractivity contribution in [2.75, 3.05) is 0 Å². The average Bonchev–Trinajstić information content (AvgIpc) is 2.73. The van der Waals surface area contributed by atoms with E-state index in [1.165, 1.54) is 23.7 Å². The number of hydrogen-bond acceptors (Lipinski definition) is 2. The summed E-state index contributed by atoms with van der Waals surface area (Å²) < 4.78 is 65.9. The quantitative estimate of drug-likeness (QED) is 0.699. The Bertz CT molecular complexity index is 692. The van der Waals surface area contributed by atoms with Crippen molar-refractivity contribution in [3.63, 3.8) is 0 Å². The maximum atomic E-state index is 13.0. The number of aromatic nitrogens is 1. The fraction of sp³-hybridized carbons (Fsp3) is 0.308. The van der Waals surface area contributed by atoms with Crippen molar-refractivity contribution in [1.82, 2.24) is 4.57 Å². The van der Waals surface area contributed by atoms with Crippen LogP contribution in [-0.4, -0.2) is 28.6 Å². The predicted octanol–water partition coefficient (Wildman–Crippen LogP) is 3.01. The van der Waals surface area contributed by atoms with Gasteiger partial charge in [0.1, 0.15) is 6.29 Å². The van der Waals surface area contributed by atoms with Crippen LogP contribution in [-0.2, 0) is 12.6 Å². The number of hydrogen-bond donors (Lipinski definition) is 1. The smallest absolute Gasteiger partial charge is 0.372 e. The lowest BCUT2D eigenvalue weighted by molar-refractivity contribution is -0.305. The monoisotopic (exact) mass is 307 g/mol. The Morgan fingerprint density at radius 1 is 1.29 bits per heavy atom. The average molecular weight is 307 g/mol. The van der Waals surface area contributed by atoms with Gasteiger partial charge in [0, 0.05) is 35.3 Å². The lowest BCUT2D eigenvalue weighted by Crippen LogP contribution is -2.48. The van der Waals surface area contributed by atoms with E-state index in [9.17, 15) is 31.9 Å². The Kier molecular flexibility index (Phi) is 3.53. The molecule has 114 valence electrons. The summed E-state index contributed by atoms with van der Waals surface area (Å²) in [6, 6.07) is 3.70. The molecule has 0 saturated heterocycles. The summed E-state index contributed by atoms with van der Waals surface area (Å²) >= 11 is 0. The van der Waals surface area contributed by atoms with Gasteiger partial charge in [0.25, 0.3) is 6.43 Å². The minimum absolute atomic E-state index is 0.0220. The first-order chi connectivity index (χ1) is 9.62. The third kappa shape index (κ3) is 2.19. The molecule has 1 unspecified atom stereocenters. The fourth-order valence-corrected chi connectivity index (χ4v) is 2.18. The highest BCUT2D eigenvalue weighted by molar-refractivity contribution is 5.90.